The van der Waals surface area contributed by atoms with Gasteiger partial charge < -0.3 is 4.98 Å². The normalized spacial score (nSPS) is 10.3. The molecule has 0 aliphatic rings. The minimum absolute atomic E-state index is 0.194. The van der Waals surface area contributed by atoms with Gasteiger partial charge in [0.2, 0.25) is 5.95 Å². The molecule has 0 aliphatic carbocycles. The molecule has 0 atom stereocenters. The summed E-state index contributed by atoms with van der Waals surface area (Å²) in [6, 6.07) is 1.86. The van der Waals surface area contributed by atoms with Gasteiger partial charge in [-0.25, -0.2) is 10.5 Å². The predicted molar refractivity (Wildman–Crippen MR) is 39.3 cm³/mol. The first kappa shape index (κ1) is 6.11. The van der Waals surface area contributed by atoms with Crippen LogP contribution in [0.2, 0.25) is 0 Å². The Kier molecular flexibility index (Phi) is 1.23. The zero-order valence-corrected chi connectivity index (χ0v) is 5.57. The zero-order chi connectivity index (χ0) is 7.68. The molecule has 0 radical (unpaired) electrons. The van der Waals surface area contributed by atoms with E-state index in [1.54, 1.807) is 12.4 Å². The molecule has 2 heterocycles. The maximum atomic E-state index is 8.45. The van der Waals surface area contributed by atoms with Crippen molar-refractivity contribution in [3.8, 4) is 0 Å². The van der Waals surface area contributed by atoms with Crippen LogP contribution in [-0.4, -0.2) is 20.2 Å². The molecule has 0 aromatic carbocycles. The van der Waals surface area contributed by atoms with Crippen LogP contribution in [-0.2, 0) is 0 Å². The van der Waals surface area contributed by atoms with Gasteiger partial charge in [-0.1, -0.05) is 0 Å². The Hall–Kier alpha value is -1.62. The highest BCUT2D eigenvalue weighted by atomic mass is 16.5. The molecule has 0 bridgehead atoms. The Morgan fingerprint density at radius 2 is 2.45 bits per heavy atom. The van der Waals surface area contributed by atoms with Gasteiger partial charge in [-0.15, -0.1) is 0 Å². The molecule has 0 fully saturated rings. The Morgan fingerprint density at radius 3 is 3.27 bits per heavy atom. The van der Waals surface area contributed by atoms with E-state index < -0.39 is 0 Å². The number of anilines is 1. The Bertz CT molecular complexity index is 369. The largest absolute Gasteiger partial charge is 0.346 e. The van der Waals surface area contributed by atoms with Gasteiger partial charge in [0.15, 0.2) is 0 Å². The second-order valence-corrected chi connectivity index (χ2v) is 2.09. The van der Waals surface area contributed by atoms with E-state index in [1.165, 1.54) is 0 Å². The van der Waals surface area contributed by atoms with Crippen molar-refractivity contribution in [3.63, 3.8) is 0 Å². The summed E-state index contributed by atoms with van der Waals surface area (Å²) in [6.07, 6.45) is 3.39. The molecule has 0 saturated carbocycles. The van der Waals surface area contributed by atoms with Crippen LogP contribution in [0.25, 0.3) is 11.0 Å². The SMILES string of the molecule is ONc1ncc2cc[nH]c2n1. The van der Waals surface area contributed by atoms with Gasteiger partial charge in [-0.3, -0.25) is 5.21 Å². The van der Waals surface area contributed by atoms with E-state index >= 15 is 0 Å². The standard InChI is InChI=1S/C6H6N4O/c11-10-6-8-3-4-1-2-7-5(4)9-6/h1-3,11H,(H2,7,8,9,10). The second kappa shape index (κ2) is 2.21. The average Bonchev–Trinajstić information content (AvgIpc) is 2.50. The van der Waals surface area contributed by atoms with E-state index in [-0.39, 0.29) is 5.95 Å². The lowest BCUT2D eigenvalue weighted by atomic mass is 10.4. The highest BCUT2D eigenvalue weighted by Gasteiger charge is 1.97. The van der Waals surface area contributed by atoms with Crippen molar-refractivity contribution in [2.24, 2.45) is 0 Å². The van der Waals surface area contributed by atoms with Crippen LogP contribution in [0.15, 0.2) is 18.5 Å². The molecule has 11 heavy (non-hydrogen) atoms. The van der Waals surface area contributed by atoms with Gasteiger partial charge in [-0.2, -0.15) is 4.98 Å². The zero-order valence-electron chi connectivity index (χ0n) is 5.57. The van der Waals surface area contributed by atoms with Crippen molar-refractivity contribution in [1.82, 2.24) is 15.0 Å². The lowest BCUT2D eigenvalue weighted by Gasteiger charge is -1.94. The van der Waals surface area contributed by atoms with Gasteiger partial charge in [0.1, 0.15) is 5.65 Å². The van der Waals surface area contributed by atoms with Crippen molar-refractivity contribution in [2.75, 3.05) is 5.48 Å². The van der Waals surface area contributed by atoms with E-state index in [4.69, 9.17) is 5.21 Å². The molecular weight excluding hydrogens is 144 g/mol. The first-order valence-electron chi connectivity index (χ1n) is 3.10. The van der Waals surface area contributed by atoms with Crippen LogP contribution in [0.4, 0.5) is 5.95 Å². The van der Waals surface area contributed by atoms with Crippen LogP contribution >= 0.6 is 0 Å². The summed E-state index contributed by atoms with van der Waals surface area (Å²) in [5.74, 6) is 0.194. The van der Waals surface area contributed by atoms with Crippen molar-refractivity contribution < 1.29 is 5.21 Å². The highest BCUT2D eigenvalue weighted by molar-refractivity contribution is 5.74. The minimum atomic E-state index is 0.194. The van der Waals surface area contributed by atoms with Crippen molar-refractivity contribution in [1.29, 1.82) is 0 Å². The molecule has 0 spiro atoms. The molecule has 5 nitrogen and oxygen atoms in total. The summed E-state index contributed by atoms with van der Waals surface area (Å²) in [6.45, 7) is 0. The number of nitrogens with one attached hydrogen (secondary N) is 2. The molecule has 56 valence electrons. The lowest BCUT2D eigenvalue weighted by Crippen LogP contribution is -1.95. The maximum absolute atomic E-state index is 8.45. The Morgan fingerprint density at radius 1 is 1.55 bits per heavy atom. The van der Waals surface area contributed by atoms with Gasteiger partial charge >= 0.3 is 0 Å². The lowest BCUT2D eigenvalue weighted by molar-refractivity contribution is 0.383. The monoisotopic (exact) mass is 150 g/mol. The van der Waals surface area contributed by atoms with Gasteiger partial charge in [0.25, 0.3) is 0 Å². The topological polar surface area (TPSA) is 73.8 Å². The van der Waals surface area contributed by atoms with Gasteiger partial charge in [0, 0.05) is 17.8 Å². The summed E-state index contributed by atoms with van der Waals surface area (Å²) < 4.78 is 0. The molecule has 5 heteroatoms. The fourth-order valence-electron chi connectivity index (χ4n) is 0.893. The molecule has 0 saturated heterocycles. The third-order valence-corrected chi connectivity index (χ3v) is 1.40. The average molecular weight is 150 g/mol. The fraction of sp³-hybridized carbons (Fsp3) is 0. The fourth-order valence-corrected chi connectivity index (χ4v) is 0.893. The van der Waals surface area contributed by atoms with Crippen LogP contribution in [0.5, 0.6) is 0 Å². The number of hydrogen-bond acceptors (Lipinski definition) is 4. The number of aromatic nitrogens is 3. The first-order chi connectivity index (χ1) is 5.40. The van der Waals surface area contributed by atoms with E-state index in [2.05, 4.69) is 15.0 Å². The van der Waals surface area contributed by atoms with E-state index in [0.29, 0.717) is 5.65 Å². The summed E-state index contributed by atoms with van der Waals surface area (Å²) in [4.78, 5) is 10.6. The Labute approximate surface area is 62.1 Å². The predicted octanol–water partition coefficient (Wildman–Crippen LogP) is 0.759. The van der Waals surface area contributed by atoms with Crippen molar-refractivity contribution in [3.05, 3.63) is 18.5 Å². The van der Waals surface area contributed by atoms with Crippen LogP contribution in [0.1, 0.15) is 0 Å². The number of nitrogens with zero attached hydrogens (tertiary/aromatic N) is 2. The number of hydrogen-bond donors (Lipinski definition) is 3. The molecule has 2 aromatic heterocycles. The van der Waals surface area contributed by atoms with Crippen LogP contribution in [0.3, 0.4) is 0 Å². The van der Waals surface area contributed by atoms with E-state index in [0.717, 1.165) is 5.39 Å². The number of rotatable bonds is 1. The summed E-state index contributed by atoms with van der Waals surface area (Å²) >= 11 is 0. The minimum Gasteiger partial charge on any atom is -0.346 e. The molecule has 0 amide bonds. The maximum Gasteiger partial charge on any atom is 0.248 e. The second-order valence-electron chi connectivity index (χ2n) is 2.09. The van der Waals surface area contributed by atoms with Crippen molar-refractivity contribution in [2.45, 2.75) is 0 Å². The molecule has 2 rings (SSSR count). The van der Waals surface area contributed by atoms with Gasteiger partial charge in [-0.05, 0) is 6.07 Å². The van der Waals surface area contributed by atoms with Crippen molar-refractivity contribution >= 4 is 17.0 Å². The molecular formula is C6H6N4O. The van der Waals surface area contributed by atoms with E-state index in [9.17, 15) is 0 Å². The first-order valence-corrected chi connectivity index (χ1v) is 3.10. The summed E-state index contributed by atoms with van der Waals surface area (Å²) in [5, 5.41) is 9.37. The van der Waals surface area contributed by atoms with E-state index in [1.807, 2.05) is 11.5 Å². The van der Waals surface area contributed by atoms with Crippen LogP contribution in [0, 0.1) is 0 Å². The van der Waals surface area contributed by atoms with Crippen LogP contribution < -0.4 is 5.48 Å². The quantitative estimate of drug-likeness (QED) is 0.524. The third kappa shape index (κ3) is 0.908. The molecule has 3 N–H and O–H groups in total. The smallest absolute Gasteiger partial charge is 0.248 e. The highest BCUT2D eigenvalue weighted by Crippen LogP contribution is 2.08. The molecule has 0 aliphatic heterocycles. The Balaban J connectivity index is 2.67. The summed E-state index contributed by atoms with van der Waals surface area (Å²) in [5.41, 5.74) is 2.57. The number of fused-ring (bicyclic) bond motifs is 1. The molecule has 0 unspecified atom stereocenters. The number of aromatic amines is 1. The molecule has 2 aromatic rings. The third-order valence-electron chi connectivity index (χ3n) is 1.40. The number of H-pyrrole nitrogens is 1. The van der Waals surface area contributed by atoms with Gasteiger partial charge in [0.05, 0.1) is 0 Å². The summed E-state index contributed by atoms with van der Waals surface area (Å²) in [7, 11) is 0.